The number of benzene rings is 2. The van der Waals surface area contributed by atoms with Crippen LogP contribution in [-0.2, 0) is 6.61 Å². The summed E-state index contributed by atoms with van der Waals surface area (Å²) >= 11 is 5.82. The number of rotatable bonds is 5. The third-order valence-corrected chi connectivity index (χ3v) is 2.61. The van der Waals surface area contributed by atoms with Gasteiger partial charge in [-0.3, -0.25) is 0 Å². The zero-order valence-electron chi connectivity index (χ0n) is 9.99. The van der Waals surface area contributed by atoms with Crippen LogP contribution in [0.25, 0.3) is 0 Å². The lowest BCUT2D eigenvalue weighted by atomic mass is 10.2. The fraction of sp³-hybridized carbons (Fsp3) is 0.0769. The molecule has 0 bridgehead atoms. The number of hydrogen-bond acceptors (Lipinski definition) is 4. The zero-order chi connectivity index (χ0) is 13.7. The summed E-state index contributed by atoms with van der Waals surface area (Å²) in [6.45, 7) is 0.348. The Bertz CT molecular complexity index is 533. The molecule has 2 rings (SSSR count). The van der Waals surface area contributed by atoms with Gasteiger partial charge in [0.2, 0.25) is 0 Å². The molecule has 0 amide bonds. The maximum atomic E-state index is 8.84. The number of ether oxygens (including phenoxy) is 1. The lowest BCUT2D eigenvalue weighted by Gasteiger charge is -2.12. The van der Waals surface area contributed by atoms with Crippen molar-refractivity contribution in [3.63, 3.8) is 0 Å². The molecule has 0 unspecified atom stereocenters. The molecule has 0 aromatic heterocycles. The Kier molecular flexibility index (Phi) is 4.68. The van der Waals surface area contributed by atoms with Gasteiger partial charge in [0, 0.05) is 11.1 Å². The van der Waals surface area contributed by atoms with Gasteiger partial charge in [-0.25, -0.2) is 0 Å². The molecule has 19 heavy (non-hydrogen) atoms. The molecule has 0 aliphatic heterocycles. The summed E-state index contributed by atoms with van der Waals surface area (Å²) in [7, 11) is -1.92. The van der Waals surface area contributed by atoms with Crippen LogP contribution in [0.15, 0.2) is 48.5 Å². The van der Waals surface area contributed by atoms with E-state index in [9.17, 15) is 0 Å². The quantitative estimate of drug-likeness (QED) is 0.824. The molecule has 0 saturated carbocycles. The van der Waals surface area contributed by atoms with Gasteiger partial charge in [-0.05, 0) is 17.7 Å². The first-order valence-electron chi connectivity index (χ1n) is 5.64. The largest absolute Gasteiger partial charge is 0.707 e. The van der Waals surface area contributed by atoms with Gasteiger partial charge >= 0.3 is 7.32 Å². The molecule has 2 aromatic rings. The van der Waals surface area contributed by atoms with Crippen molar-refractivity contribution in [3.8, 4) is 11.5 Å². The summed E-state index contributed by atoms with van der Waals surface area (Å²) in [5, 5.41) is 18.1. The Hall–Kier alpha value is -1.69. The fourth-order valence-electron chi connectivity index (χ4n) is 1.54. The minimum absolute atomic E-state index is 0.179. The predicted octanol–water partition coefficient (Wildman–Crippen LogP) is 2.27. The molecule has 98 valence electrons. The fourth-order valence-corrected chi connectivity index (χ4v) is 1.70. The Morgan fingerprint density at radius 2 is 1.74 bits per heavy atom. The summed E-state index contributed by atoms with van der Waals surface area (Å²) in [6, 6.07) is 14.3. The molecule has 0 aliphatic rings. The minimum Gasteiger partial charge on any atom is -0.509 e. The summed E-state index contributed by atoms with van der Waals surface area (Å²) in [6.07, 6.45) is 0. The average Bonchev–Trinajstić information content (AvgIpc) is 2.38. The van der Waals surface area contributed by atoms with Crippen LogP contribution in [0.2, 0.25) is 5.02 Å². The molecule has 2 N–H and O–H groups in total. The van der Waals surface area contributed by atoms with Crippen molar-refractivity contribution in [1.82, 2.24) is 0 Å². The molecule has 6 heteroatoms. The second-order valence-corrected chi connectivity index (χ2v) is 4.25. The Morgan fingerprint density at radius 1 is 1.00 bits per heavy atom. The molecule has 0 saturated heterocycles. The van der Waals surface area contributed by atoms with Crippen LogP contribution in [0.3, 0.4) is 0 Å². The van der Waals surface area contributed by atoms with E-state index in [2.05, 4.69) is 0 Å². The Labute approximate surface area is 116 Å². The van der Waals surface area contributed by atoms with Gasteiger partial charge in [-0.1, -0.05) is 41.9 Å². The number of hydrogen-bond donors (Lipinski definition) is 2. The van der Waals surface area contributed by atoms with E-state index >= 15 is 0 Å². The van der Waals surface area contributed by atoms with Gasteiger partial charge in [0.25, 0.3) is 0 Å². The van der Waals surface area contributed by atoms with E-state index in [-0.39, 0.29) is 5.75 Å². The topological polar surface area (TPSA) is 58.9 Å². The smallest absolute Gasteiger partial charge is 0.509 e. The minimum atomic E-state index is -1.92. The third-order valence-electron chi connectivity index (χ3n) is 2.38. The highest BCUT2D eigenvalue weighted by molar-refractivity contribution is 6.34. The van der Waals surface area contributed by atoms with E-state index < -0.39 is 7.32 Å². The maximum absolute atomic E-state index is 8.84. The monoisotopic (exact) mass is 278 g/mol. The highest BCUT2D eigenvalue weighted by atomic mass is 35.5. The first-order valence-corrected chi connectivity index (χ1v) is 6.02. The number of halogens is 1. The molecule has 2 aromatic carbocycles. The molecule has 0 aliphatic carbocycles. The highest BCUT2D eigenvalue weighted by Gasteiger charge is 2.15. The molecule has 0 fully saturated rings. The van der Waals surface area contributed by atoms with E-state index in [4.69, 9.17) is 31.0 Å². The first kappa shape index (κ1) is 13.7. The van der Waals surface area contributed by atoms with Crippen molar-refractivity contribution in [2.24, 2.45) is 0 Å². The van der Waals surface area contributed by atoms with Crippen LogP contribution in [0.1, 0.15) is 5.56 Å². The van der Waals surface area contributed by atoms with E-state index in [1.165, 1.54) is 6.07 Å². The van der Waals surface area contributed by atoms with Crippen molar-refractivity contribution in [2.75, 3.05) is 0 Å². The molecular weight excluding hydrogens is 266 g/mol. The molecule has 4 nitrogen and oxygen atoms in total. The SMILES string of the molecule is OB(O)Oc1cc(Cl)ccc1OCc1ccccc1. The molecule has 0 spiro atoms. The van der Waals surface area contributed by atoms with Gasteiger partial charge in [0.05, 0.1) is 0 Å². The van der Waals surface area contributed by atoms with Crippen molar-refractivity contribution < 1.29 is 19.4 Å². The van der Waals surface area contributed by atoms with E-state index in [1.54, 1.807) is 12.1 Å². The average molecular weight is 278 g/mol. The van der Waals surface area contributed by atoms with Gasteiger partial charge in [-0.15, -0.1) is 0 Å². The second-order valence-electron chi connectivity index (χ2n) is 3.81. The molecular formula is C13H12BClO4. The molecule has 0 atom stereocenters. The van der Waals surface area contributed by atoms with Gasteiger partial charge in [0.15, 0.2) is 5.75 Å². The van der Waals surface area contributed by atoms with Crippen LogP contribution in [0.4, 0.5) is 0 Å². The van der Waals surface area contributed by atoms with E-state index in [0.717, 1.165) is 5.56 Å². The van der Waals surface area contributed by atoms with Gasteiger partial charge in [0.1, 0.15) is 12.4 Å². The van der Waals surface area contributed by atoms with Gasteiger partial charge in [-0.2, -0.15) is 0 Å². The van der Waals surface area contributed by atoms with Crippen molar-refractivity contribution in [2.45, 2.75) is 6.61 Å². The summed E-state index contributed by atoms with van der Waals surface area (Å²) in [5.74, 6) is 0.569. The highest BCUT2D eigenvalue weighted by Crippen LogP contribution is 2.31. The predicted molar refractivity (Wildman–Crippen MR) is 73.0 cm³/mol. The normalized spacial score (nSPS) is 10.1. The lowest BCUT2D eigenvalue weighted by Crippen LogP contribution is -2.21. The van der Waals surface area contributed by atoms with E-state index in [1.807, 2.05) is 30.3 Å². The Morgan fingerprint density at radius 3 is 2.42 bits per heavy atom. The Balaban J connectivity index is 2.11. The summed E-state index contributed by atoms with van der Waals surface area (Å²) < 4.78 is 10.4. The van der Waals surface area contributed by atoms with E-state index in [0.29, 0.717) is 17.4 Å². The van der Waals surface area contributed by atoms with Crippen molar-refractivity contribution in [3.05, 3.63) is 59.1 Å². The lowest BCUT2D eigenvalue weighted by molar-refractivity contribution is 0.262. The summed E-state index contributed by atoms with van der Waals surface area (Å²) in [4.78, 5) is 0. The standard InChI is InChI=1S/C13H12BClO4/c15-11-6-7-12(13(8-11)19-14(16)17)18-9-10-4-2-1-3-5-10/h1-8,16-17H,9H2. The van der Waals surface area contributed by atoms with Crippen molar-refractivity contribution >= 4 is 18.9 Å². The zero-order valence-corrected chi connectivity index (χ0v) is 10.7. The van der Waals surface area contributed by atoms with Crippen molar-refractivity contribution in [1.29, 1.82) is 0 Å². The van der Waals surface area contributed by atoms with Crippen LogP contribution >= 0.6 is 11.6 Å². The van der Waals surface area contributed by atoms with Gasteiger partial charge < -0.3 is 19.4 Å². The maximum Gasteiger partial charge on any atom is 0.707 e. The first-order chi connectivity index (χ1) is 9.15. The third kappa shape index (κ3) is 4.17. The van der Waals surface area contributed by atoms with Crippen LogP contribution < -0.4 is 9.39 Å². The summed E-state index contributed by atoms with van der Waals surface area (Å²) in [5.41, 5.74) is 0.993. The van der Waals surface area contributed by atoms with Crippen LogP contribution in [-0.4, -0.2) is 17.4 Å². The molecule has 0 heterocycles. The van der Waals surface area contributed by atoms with Crippen LogP contribution in [0.5, 0.6) is 11.5 Å². The molecule has 0 radical (unpaired) electrons. The van der Waals surface area contributed by atoms with Crippen LogP contribution in [0, 0.1) is 0 Å². The second kappa shape index (κ2) is 6.47.